The lowest BCUT2D eigenvalue weighted by atomic mass is 10.2. The Morgan fingerprint density at radius 3 is 2.53 bits per heavy atom. The number of benzene rings is 2. The second-order valence-corrected chi connectivity index (χ2v) is 11.5. The highest BCUT2D eigenvalue weighted by molar-refractivity contribution is 6.03. The fraction of sp³-hybridized carbons (Fsp3) is 0.303. The van der Waals surface area contributed by atoms with Crippen molar-refractivity contribution in [3.63, 3.8) is 0 Å². The Hall–Kier alpha value is -5.07. The quantitative estimate of drug-likeness (QED) is 0.216. The zero-order valence-electron chi connectivity index (χ0n) is 24.7. The number of carbonyl (C=O) groups is 1. The molecule has 0 saturated carbocycles. The van der Waals surface area contributed by atoms with Crippen molar-refractivity contribution in [3.8, 4) is 5.82 Å². The van der Waals surface area contributed by atoms with E-state index in [0.717, 1.165) is 72.6 Å². The van der Waals surface area contributed by atoms with Crippen LogP contribution in [0, 0.1) is 0 Å². The van der Waals surface area contributed by atoms with Gasteiger partial charge in [0.1, 0.15) is 12.0 Å². The Labute approximate surface area is 258 Å². The molecule has 2 fully saturated rings. The molecule has 0 bridgehead atoms. The monoisotopic (exact) mass is 603 g/mol. The van der Waals surface area contributed by atoms with Crippen molar-refractivity contribution in [3.05, 3.63) is 84.8 Å². The van der Waals surface area contributed by atoms with Gasteiger partial charge in [0.15, 0.2) is 17.9 Å². The predicted molar refractivity (Wildman–Crippen MR) is 170 cm³/mol. The summed E-state index contributed by atoms with van der Waals surface area (Å²) in [5, 5.41) is 22.3. The summed E-state index contributed by atoms with van der Waals surface area (Å²) in [5.41, 5.74) is 3.27. The first kappa shape index (κ1) is 27.5. The van der Waals surface area contributed by atoms with E-state index in [4.69, 9.17) is 19.6 Å². The van der Waals surface area contributed by atoms with E-state index in [-0.39, 0.29) is 18.4 Å². The minimum Gasteiger partial charge on any atom is -0.357 e. The highest BCUT2D eigenvalue weighted by atomic mass is 16.5. The fourth-order valence-electron chi connectivity index (χ4n) is 6.09. The summed E-state index contributed by atoms with van der Waals surface area (Å²) in [6.45, 7) is 1.48. The van der Waals surface area contributed by atoms with E-state index in [1.165, 1.54) is 0 Å². The van der Waals surface area contributed by atoms with Crippen LogP contribution in [0.3, 0.4) is 0 Å². The third kappa shape index (κ3) is 5.42. The lowest BCUT2D eigenvalue weighted by molar-refractivity contribution is -0.0395. The van der Waals surface area contributed by atoms with Gasteiger partial charge in [-0.25, -0.2) is 19.0 Å². The summed E-state index contributed by atoms with van der Waals surface area (Å²) in [4.78, 5) is 17.8. The first-order valence-electron chi connectivity index (χ1n) is 15.5. The van der Waals surface area contributed by atoms with E-state index in [1.807, 2.05) is 53.3 Å². The number of nitrogens with one attached hydrogen (secondary N) is 2. The molecule has 0 radical (unpaired) electrons. The molecule has 1 amide bonds. The number of para-hydroxylation sites is 1. The number of hydrogen-bond acceptors (Lipinski definition) is 8. The Morgan fingerprint density at radius 2 is 1.69 bits per heavy atom. The number of ether oxygens (including phenoxy) is 2. The van der Waals surface area contributed by atoms with Gasteiger partial charge in [0.2, 0.25) is 0 Å². The number of carbonyl (C=O) groups excluding carboxylic acids is 1. The van der Waals surface area contributed by atoms with E-state index in [1.54, 1.807) is 27.8 Å². The Kier molecular flexibility index (Phi) is 7.20. The van der Waals surface area contributed by atoms with Crippen molar-refractivity contribution < 1.29 is 14.3 Å². The van der Waals surface area contributed by atoms with Crippen LogP contribution >= 0.6 is 0 Å². The van der Waals surface area contributed by atoms with E-state index in [2.05, 4.69) is 33.0 Å². The molecule has 0 aliphatic carbocycles. The molecular formula is C33H33N9O3. The van der Waals surface area contributed by atoms with Crippen molar-refractivity contribution >= 4 is 45.0 Å². The van der Waals surface area contributed by atoms with Crippen LogP contribution in [0.5, 0.6) is 0 Å². The van der Waals surface area contributed by atoms with E-state index < -0.39 is 0 Å². The third-order valence-electron chi connectivity index (χ3n) is 8.38. The maximum absolute atomic E-state index is 13.1. The van der Waals surface area contributed by atoms with Gasteiger partial charge in [0.25, 0.3) is 5.91 Å². The molecule has 2 unspecified atom stereocenters. The summed E-state index contributed by atoms with van der Waals surface area (Å²) in [6, 6.07) is 19.6. The van der Waals surface area contributed by atoms with Gasteiger partial charge >= 0.3 is 0 Å². The lowest BCUT2D eigenvalue weighted by Crippen LogP contribution is -2.18. The molecule has 4 aromatic heterocycles. The van der Waals surface area contributed by atoms with Crippen LogP contribution in [0.2, 0.25) is 0 Å². The number of fused-ring (bicyclic) bond motifs is 2. The van der Waals surface area contributed by atoms with Crippen molar-refractivity contribution in [1.82, 2.24) is 34.3 Å². The SMILES string of the molecule is O=C(Nc1cccc(-n2nc(Nc3ccc4c(cnn4C4CCCCO4)c3)c3ccccc32)n1)c1cnn(C2CCCCO2)c1. The molecule has 8 rings (SSSR count). The van der Waals surface area contributed by atoms with Crippen LogP contribution < -0.4 is 10.6 Å². The molecule has 2 aliphatic heterocycles. The van der Waals surface area contributed by atoms with Gasteiger partial charge in [-0.15, -0.1) is 5.10 Å². The number of anilines is 3. The Morgan fingerprint density at radius 1 is 0.844 bits per heavy atom. The summed E-state index contributed by atoms with van der Waals surface area (Å²) in [7, 11) is 0. The average molecular weight is 604 g/mol. The number of nitrogens with zero attached hydrogens (tertiary/aromatic N) is 7. The van der Waals surface area contributed by atoms with Crippen molar-refractivity contribution in [1.29, 1.82) is 0 Å². The molecule has 2 atom stereocenters. The largest absolute Gasteiger partial charge is 0.357 e. The van der Waals surface area contributed by atoms with Gasteiger partial charge < -0.3 is 20.1 Å². The van der Waals surface area contributed by atoms with Crippen molar-refractivity contribution in [2.24, 2.45) is 0 Å². The van der Waals surface area contributed by atoms with Crippen LogP contribution in [0.25, 0.3) is 27.6 Å². The number of aromatic nitrogens is 7. The van der Waals surface area contributed by atoms with Crippen LogP contribution in [0.1, 0.15) is 61.3 Å². The van der Waals surface area contributed by atoms with Gasteiger partial charge in [-0.1, -0.05) is 18.2 Å². The molecule has 2 saturated heterocycles. The summed E-state index contributed by atoms with van der Waals surface area (Å²) >= 11 is 0. The van der Waals surface area contributed by atoms with Gasteiger partial charge in [0.05, 0.1) is 29.0 Å². The summed E-state index contributed by atoms with van der Waals surface area (Å²) in [6.07, 6.45) is 11.3. The summed E-state index contributed by atoms with van der Waals surface area (Å²) in [5.74, 6) is 1.40. The Bertz CT molecular complexity index is 1980. The number of amides is 1. The topological polar surface area (TPSA) is 126 Å². The molecule has 6 aromatic rings. The third-order valence-corrected chi connectivity index (χ3v) is 8.38. The summed E-state index contributed by atoms with van der Waals surface area (Å²) < 4.78 is 17.2. The van der Waals surface area contributed by atoms with Crippen molar-refractivity contribution in [2.45, 2.75) is 51.0 Å². The molecule has 12 nitrogen and oxygen atoms in total. The van der Waals surface area contributed by atoms with Crippen LogP contribution in [-0.2, 0) is 9.47 Å². The van der Waals surface area contributed by atoms with E-state index in [9.17, 15) is 4.79 Å². The molecule has 228 valence electrons. The zero-order chi connectivity index (χ0) is 30.2. The Balaban J connectivity index is 1.04. The van der Waals surface area contributed by atoms with Crippen LogP contribution in [0.4, 0.5) is 17.3 Å². The average Bonchev–Trinajstić information content (AvgIpc) is 3.84. The van der Waals surface area contributed by atoms with Gasteiger partial charge in [-0.2, -0.15) is 10.2 Å². The van der Waals surface area contributed by atoms with Crippen molar-refractivity contribution in [2.75, 3.05) is 23.8 Å². The minimum atomic E-state index is -0.289. The first-order valence-corrected chi connectivity index (χ1v) is 15.5. The fourth-order valence-corrected chi connectivity index (χ4v) is 6.09. The maximum Gasteiger partial charge on any atom is 0.260 e. The molecule has 45 heavy (non-hydrogen) atoms. The normalized spacial score (nSPS) is 18.8. The predicted octanol–water partition coefficient (Wildman–Crippen LogP) is 6.36. The second-order valence-electron chi connectivity index (χ2n) is 11.5. The van der Waals surface area contributed by atoms with E-state index in [0.29, 0.717) is 29.6 Å². The minimum absolute atomic E-state index is 0.0170. The van der Waals surface area contributed by atoms with Crippen LogP contribution in [0.15, 0.2) is 79.3 Å². The number of hydrogen-bond donors (Lipinski definition) is 2. The molecule has 2 N–H and O–H groups in total. The van der Waals surface area contributed by atoms with Crippen LogP contribution in [-0.4, -0.2) is 53.4 Å². The molecule has 6 heterocycles. The lowest BCUT2D eigenvalue weighted by Gasteiger charge is -2.23. The first-order chi connectivity index (χ1) is 22.2. The van der Waals surface area contributed by atoms with Gasteiger partial charge in [-0.05, 0) is 81.0 Å². The number of pyridine rings is 1. The molecule has 2 aromatic carbocycles. The molecule has 0 spiro atoms. The second kappa shape index (κ2) is 11.8. The molecule has 12 heteroatoms. The molecular weight excluding hydrogens is 570 g/mol. The maximum atomic E-state index is 13.1. The highest BCUT2D eigenvalue weighted by Gasteiger charge is 2.21. The van der Waals surface area contributed by atoms with Gasteiger partial charge in [-0.3, -0.25) is 4.79 Å². The number of rotatable bonds is 7. The van der Waals surface area contributed by atoms with E-state index >= 15 is 0 Å². The van der Waals surface area contributed by atoms with Gasteiger partial charge in [0, 0.05) is 35.9 Å². The highest BCUT2D eigenvalue weighted by Crippen LogP contribution is 2.31. The smallest absolute Gasteiger partial charge is 0.260 e. The zero-order valence-corrected chi connectivity index (χ0v) is 24.7. The molecule has 2 aliphatic rings. The standard InChI is InChI=1S/C33H33N9O3/c43-33(23-20-34-40(21-23)30-12-3-5-16-44-30)38-28-10-7-11-29(37-28)41-27-9-2-1-8-25(27)32(39-41)36-24-14-15-26-22(18-24)19-35-42(26)31-13-4-6-17-45-31/h1-2,7-11,14-15,18-21,30-31H,3-6,12-13,16-17H2,(H,36,39)(H,37,38,43).